The van der Waals surface area contributed by atoms with Gasteiger partial charge in [0.15, 0.2) is 0 Å². The van der Waals surface area contributed by atoms with Crippen molar-refractivity contribution in [2.45, 2.75) is 46.5 Å². The first-order valence-electron chi connectivity index (χ1n) is 4.23. The Balaban J connectivity index is 0. The summed E-state index contributed by atoms with van der Waals surface area (Å²) in [5.74, 6) is 0.167. The number of aliphatic hydroxyl groups is 1. The lowest BCUT2D eigenvalue weighted by Crippen LogP contribution is -1.80. The predicted octanol–water partition coefficient (Wildman–Crippen LogP) is 2.15. The maximum atomic E-state index is 9.44. The minimum absolute atomic E-state index is 0.167. The summed E-state index contributed by atoms with van der Waals surface area (Å²) < 4.78 is 0. The van der Waals surface area contributed by atoms with Gasteiger partial charge < -0.3 is 9.90 Å². The van der Waals surface area contributed by atoms with Crippen LogP contribution in [0.4, 0.5) is 0 Å². The molecule has 0 aromatic heterocycles. The van der Waals surface area contributed by atoms with Crippen LogP contribution in [0.25, 0.3) is 0 Å². The van der Waals surface area contributed by atoms with Gasteiger partial charge in [0.1, 0.15) is 5.78 Å². The molecule has 11 heavy (non-hydrogen) atoms. The van der Waals surface area contributed by atoms with E-state index in [-0.39, 0.29) is 5.78 Å². The normalized spacial score (nSPS) is 8.36. The van der Waals surface area contributed by atoms with Crippen molar-refractivity contribution in [3.05, 3.63) is 0 Å². The second-order valence-electron chi connectivity index (χ2n) is 2.69. The van der Waals surface area contributed by atoms with E-state index in [1.165, 1.54) is 33.1 Å². The molecule has 0 aliphatic carbocycles. The molecular weight excluding hydrogens is 140 g/mol. The summed E-state index contributed by atoms with van der Waals surface area (Å²) in [7, 11) is 0. The van der Waals surface area contributed by atoms with Crippen LogP contribution in [0, 0.1) is 0 Å². The summed E-state index contributed by atoms with van der Waals surface area (Å²) in [4.78, 5) is 9.44. The maximum Gasteiger partial charge on any atom is 0.126 e. The van der Waals surface area contributed by atoms with Crippen molar-refractivity contribution in [3.8, 4) is 0 Å². The Hall–Kier alpha value is -0.370. The van der Waals surface area contributed by atoms with E-state index >= 15 is 0 Å². The number of carbonyl (C=O) groups is 1. The van der Waals surface area contributed by atoms with E-state index in [4.69, 9.17) is 5.11 Å². The maximum absolute atomic E-state index is 9.44. The van der Waals surface area contributed by atoms with Crippen molar-refractivity contribution in [1.29, 1.82) is 0 Å². The first kappa shape index (κ1) is 13.2. The zero-order valence-corrected chi connectivity index (χ0v) is 7.89. The molecule has 0 saturated heterocycles. The first-order chi connectivity index (χ1) is 5.15. The van der Waals surface area contributed by atoms with E-state index < -0.39 is 0 Å². The average Bonchev–Trinajstić information content (AvgIpc) is 1.88. The molecule has 68 valence electrons. The molecule has 0 spiro atoms. The lowest BCUT2D eigenvalue weighted by molar-refractivity contribution is -0.114. The van der Waals surface area contributed by atoms with Crippen molar-refractivity contribution in [3.63, 3.8) is 0 Å². The van der Waals surface area contributed by atoms with Gasteiger partial charge in [0.25, 0.3) is 0 Å². The molecule has 1 N–H and O–H groups in total. The SMILES string of the molecule is CC(C)=O.CCCCCCO. The van der Waals surface area contributed by atoms with E-state index in [1.54, 1.807) is 0 Å². The number of hydrogen-bond donors (Lipinski definition) is 1. The monoisotopic (exact) mass is 160 g/mol. The zero-order valence-electron chi connectivity index (χ0n) is 7.89. The van der Waals surface area contributed by atoms with Crippen LogP contribution in [0.15, 0.2) is 0 Å². The molecule has 0 radical (unpaired) electrons. The highest BCUT2D eigenvalue weighted by Gasteiger charge is 1.80. The molecule has 2 heteroatoms. The predicted molar refractivity (Wildman–Crippen MR) is 47.6 cm³/mol. The smallest absolute Gasteiger partial charge is 0.126 e. The van der Waals surface area contributed by atoms with Crippen molar-refractivity contribution in [2.75, 3.05) is 6.61 Å². The lowest BCUT2D eigenvalue weighted by Gasteiger charge is -1.90. The number of carbonyl (C=O) groups excluding carboxylic acids is 1. The van der Waals surface area contributed by atoms with E-state index in [9.17, 15) is 4.79 Å². The number of ketones is 1. The zero-order chi connectivity index (χ0) is 9.11. The number of rotatable bonds is 4. The van der Waals surface area contributed by atoms with Crippen LogP contribution >= 0.6 is 0 Å². The van der Waals surface area contributed by atoms with Gasteiger partial charge in [0.05, 0.1) is 0 Å². The largest absolute Gasteiger partial charge is 0.396 e. The number of unbranched alkanes of at least 4 members (excludes halogenated alkanes) is 3. The summed E-state index contributed by atoms with van der Waals surface area (Å²) in [5.41, 5.74) is 0. The third kappa shape index (κ3) is 42.5. The van der Waals surface area contributed by atoms with Crippen LogP contribution in [0.3, 0.4) is 0 Å². The Morgan fingerprint density at radius 1 is 1.18 bits per heavy atom. The minimum atomic E-state index is 0.167. The fraction of sp³-hybridized carbons (Fsp3) is 0.889. The summed E-state index contributed by atoms with van der Waals surface area (Å²) in [6.07, 6.45) is 4.68. The molecule has 0 aromatic carbocycles. The minimum Gasteiger partial charge on any atom is -0.396 e. The molecule has 0 atom stereocenters. The third-order valence-corrected chi connectivity index (χ3v) is 1.01. The highest BCUT2D eigenvalue weighted by atomic mass is 16.2. The van der Waals surface area contributed by atoms with E-state index in [0.717, 1.165) is 6.42 Å². The molecule has 0 heterocycles. The molecule has 0 saturated carbocycles. The van der Waals surface area contributed by atoms with Crippen molar-refractivity contribution in [1.82, 2.24) is 0 Å². The highest BCUT2D eigenvalue weighted by Crippen LogP contribution is 1.95. The standard InChI is InChI=1S/C6H14O.C3H6O/c1-2-3-4-5-6-7;1-3(2)4/h7H,2-6H2,1H3;1-2H3. The van der Waals surface area contributed by atoms with E-state index in [1.807, 2.05) is 0 Å². The highest BCUT2D eigenvalue weighted by molar-refractivity contribution is 5.72. The third-order valence-electron chi connectivity index (χ3n) is 1.01. The first-order valence-corrected chi connectivity index (χ1v) is 4.23. The van der Waals surface area contributed by atoms with E-state index in [0.29, 0.717) is 6.61 Å². The molecule has 0 unspecified atom stereocenters. The molecule has 0 rings (SSSR count). The van der Waals surface area contributed by atoms with Crippen LogP contribution in [0.1, 0.15) is 46.5 Å². The second-order valence-corrected chi connectivity index (χ2v) is 2.69. The fourth-order valence-corrected chi connectivity index (χ4v) is 0.539. The quantitative estimate of drug-likeness (QED) is 0.640. The molecule has 0 aliphatic heterocycles. The Bertz CT molecular complexity index is 71.6. The fourth-order valence-electron chi connectivity index (χ4n) is 0.539. The van der Waals surface area contributed by atoms with Crippen LogP contribution < -0.4 is 0 Å². The van der Waals surface area contributed by atoms with Gasteiger partial charge in [0, 0.05) is 6.61 Å². The Labute approximate surface area is 69.6 Å². The topological polar surface area (TPSA) is 37.3 Å². The van der Waals surface area contributed by atoms with Crippen LogP contribution in [0.2, 0.25) is 0 Å². The van der Waals surface area contributed by atoms with Gasteiger partial charge in [-0.05, 0) is 20.3 Å². The van der Waals surface area contributed by atoms with Crippen molar-refractivity contribution < 1.29 is 9.90 Å². The average molecular weight is 160 g/mol. The van der Waals surface area contributed by atoms with Crippen LogP contribution in [0.5, 0.6) is 0 Å². The number of aliphatic hydroxyl groups excluding tert-OH is 1. The molecule has 0 bridgehead atoms. The molecule has 0 aromatic rings. The lowest BCUT2D eigenvalue weighted by atomic mass is 10.2. The summed E-state index contributed by atoms with van der Waals surface area (Å²) in [6, 6.07) is 0. The van der Waals surface area contributed by atoms with Gasteiger partial charge in [0.2, 0.25) is 0 Å². The summed E-state index contributed by atoms with van der Waals surface area (Å²) in [6.45, 7) is 5.58. The summed E-state index contributed by atoms with van der Waals surface area (Å²) >= 11 is 0. The Kier molecular flexibility index (Phi) is 14.8. The van der Waals surface area contributed by atoms with Gasteiger partial charge in [-0.3, -0.25) is 0 Å². The van der Waals surface area contributed by atoms with Crippen LogP contribution in [-0.4, -0.2) is 17.5 Å². The number of Topliss-reactive ketones (excluding diaryl/α,β-unsaturated/α-hetero) is 1. The van der Waals surface area contributed by atoms with Crippen molar-refractivity contribution in [2.24, 2.45) is 0 Å². The second kappa shape index (κ2) is 12.3. The molecule has 0 amide bonds. The van der Waals surface area contributed by atoms with Crippen LogP contribution in [-0.2, 0) is 4.79 Å². The van der Waals surface area contributed by atoms with Gasteiger partial charge >= 0.3 is 0 Å². The molecule has 2 nitrogen and oxygen atoms in total. The number of hydrogen-bond acceptors (Lipinski definition) is 2. The molecule has 0 aliphatic rings. The molecular formula is C9H20O2. The van der Waals surface area contributed by atoms with Gasteiger partial charge in [-0.2, -0.15) is 0 Å². The van der Waals surface area contributed by atoms with Gasteiger partial charge in [-0.25, -0.2) is 0 Å². The summed E-state index contributed by atoms with van der Waals surface area (Å²) in [5, 5.41) is 8.29. The van der Waals surface area contributed by atoms with Gasteiger partial charge in [-0.1, -0.05) is 26.2 Å². The van der Waals surface area contributed by atoms with Crippen molar-refractivity contribution >= 4 is 5.78 Å². The Morgan fingerprint density at radius 2 is 1.64 bits per heavy atom. The molecule has 0 fully saturated rings. The van der Waals surface area contributed by atoms with Gasteiger partial charge in [-0.15, -0.1) is 0 Å². The van der Waals surface area contributed by atoms with E-state index in [2.05, 4.69) is 6.92 Å². The Morgan fingerprint density at radius 3 is 1.91 bits per heavy atom.